The van der Waals surface area contributed by atoms with Crippen molar-refractivity contribution in [3.8, 4) is 44.8 Å². The SMILES string of the molecule is c1ccc(-n2c3ccccc3c3cc(-c4ccc5c6ccccc6n(-c6ccc(-c7ccc8c(c7)Cc7ccccc7-8)cc6)c5c4)ccc32)cc1. The molecule has 0 bridgehead atoms. The summed E-state index contributed by atoms with van der Waals surface area (Å²) in [6.07, 6.45) is 1.00. The van der Waals surface area contributed by atoms with E-state index in [2.05, 4.69) is 191 Å². The second-order valence-electron chi connectivity index (χ2n) is 13.8. The van der Waals surface area contributed by atoms with Gasteiger partial charge in [-0.2, -0.15) is 0 Å². The molecule has 0 saturated carbocycles. The van der Waals surface area contributed by atoms with Crippen molar-refractivity contribution in [1.82, 2.24) is 9.13 Å². The van der Waals surface area contributed by atoms with Crippen molar-refractivity contribution in [2.45, 2.75) is 6.42 Å². The zero-order chi connectivity index (χ0) is 33.5. The molecule has 2 aromatic heterocycles. The molecule has 0 atom stereocenters. The first kappa shape index (κ1) is 28.2. The molecule has 8 aromatic carbocycles. The summed E-state index contributed by atoms with van der Waals surface area (Å²) in [4.78, 5) is 0. The summed E-state index contributed by atoms with van der Waals surface area (Å²) in [5, 5.41) is 5.06. The van der Waals surface area contributed by atoms with Crippen molar-refractivity contribution >= 4 is 43.6 Å². The Morgan fingerprint density at radius 1 is 0.294 bits per heavy atom. The minimum absolute atomic E-state index is 1.00. The minimum atomic E-state index is 1.00. The highest BCUT2D eigenvalue weighted by molar-refractivity contribution is 6.12. The van der Waals surface area contributed by atoms with Gasteiger partial charge in [0, 0.05) is 32.9 Å². The van der Waals surface area contributed by atoms with Crippen LogP contribution in [0.1, 0.15) is 11.1 Å². The van der Waals surface area contributed by atoms with Crippen LogP contribution in [0, 0.1) is 0 Å². The van der Waals surface area contributed by atoms with E-state index in [0.717, 1.165) is 12.1 Å². The van der Waals surface area contributed by atoms with E-state index in [1.807, 2.05) is 0 Å². The minimum Gasteiger partial charge on any atom is -0.309 e. The summed E-state index contributed by atoms with van der Waals surface area (Å²) in [5.74, 6) is 0. The largest absolute Gasteiger partial charge is 0.309 e. The van der Waals surface area contributed by atoms with Crippen molar-refractivity contribution in [2.75, 3.05) is 0 Å². The highest BCUT2D eigenvalue weighted by Crippen LogP contribution is 2.40. The third kappa shape index (κ3) is 4.30. The smallest absolute Gasteiger partial charge is 0.0547 e. The molecule has 10 aromatic rings. The molecule has 2 heterocycles. The molecule has 0 saturated heterocycles. The van der Waals surface area contributed by atoms with Gasteiger partial charge in [0.25, 0.3) is 0 Å². The zero-order valence-electron chi connectivity index (χ0n) is 27.9. The number of aromatic nitrogens is 2. The van der Waals surface area contributed by atoms with Gasteiger partial charge in [-0.25, -0.2) is 0 Å². The number of hydrogen-bond donors (Lipinski definition) is 0. The van der Waals surface area contributed by atoms with E-state index in [4.69, 9.17) is 0 Å². The fraction of sp³-hybridized carbons (Fsp3) is 0.0204. The lowest BCUT2D eigenvalue weighted by Gasteiger charge is -2.11. The molecule has 0 N–H and O–H groups in total. The topological polar surface area (TPSA) is 9.86 Å². The molecular weight excluding hydrogens is 617 g/mol. The van der Waals surface area contributed by atoms with Gasteiger partial charge in [0.15, 0.2) is 0 Å². The van der Waals surface area contributed by atoms with Crippen molar-refractivity contribution in [3.63, 3.8) is 0 Å². The van der Waals surface area contributed by atoms with Crippen molar-refractivity contribution in [1.29, 1.82) is 0 Å². The van der Waals surface area contributed by atoms with E-state index >= 15 is 0 Å². The number of benzene rings is 8. The summed E-state index contributed by atoms with van der Waals surface area (Å²) in [6, 6.07) is 66.9. The molecule has 1 aliphatic carbocycles. The summed E-state index contributed by atoms with van der Waals surface area (Å²) in [6.45, 7) is 0. The lowest BCUT2D eigenvalue weighted by atomic mass is 9.99. The summed E-state index contributed by atoms with van der Waals surface area (Å²) < 4.78 is 4.80. The van der Waals surface area contributed by atoms with Crippen LogP contribution in [0.2, 0.25) is 0 Å². The van der Waals surface area contributed by atoms with E-state index in [-0.39, 0.29) is 0 Å². The van der Waals surface area contributed by atoms with Crippen LogP contribution in [-0.2, 0) is 6.42 Å². The van der Waals surface area contributed by atoms with Gasteiger partial charge < -0.3 is 9.13 Å². The molecule has 1 aliphatic rings. The second-order valence-corrected chi connectivity index (χ2v) is 13.8. The molecule has 2 nitrogen and oxygen atoms in total. The maximum atomic E-state index is 2.43. The van der Waals surface area contributed by atoms with Crippen LogP contribution in [0.5, 0.6) is 0 Å². The Morgan fingerprint density at radius 2 is 0.824 bits per heavy atom. The first-order valence-electron chi connectivity index (χ1n) is 17.7. The molecular formula is C49H32N2. The number of para-hydroxylation sites is 3. The van der Waals surface area contributed by atoms with Crippen molar-refractivity contribution in [3.05, 3.63) is 193 Å². The number of nitrogens with zero attached hydrogens (tertiary/aromatic N) is 2. The zero-order valence-corrected chi connectivity index (χ0v) is 27.9. The average molecular weight is 649 g/mol. The number of fused-ring (bicyclic) bond motifs is 9. The normalized spacial score (nSPS) is 12.2. The van der Waals surface area contributed by atoms with Crippen molar-refractivity contribution in [2.24, 2.45) is 0 Å². The molecule has 238 valence electrons. The fourth-order valence-electron chi connectivity index (χ4n) is 8.56. The highest BCUT2D eigenvalue weighted by atomic mass is 15.0. The van der Waals surface area contributed by atoms with E-state index in [1.54, 1.807) is 0 Å². The first-order valence-corrected chi connectivity index (χ1v) is 17.7. The fourth-order valence-corrected chi connectivity index (χ4v) is 8.56. The molecule has 0 aliphatic heterocycles. The average Bonchev–Trinajstić information content (AvgIpc) is 3.85. The summed E-state index contributed by atoms with van der Waals surface area (Å²) in [5.41, 5.74) is 17.7. The van der Waals surface area contributed by atoms with Gasteiger partial charge in [-0.05, 0) is 106 Å². The summed E-state index contributed by atoms with van der Waals surface area (Å²) in [7, 11) is 0. The predicted octanol–water partition coefficient (Wildman–Crippen LogP) is 12.8. The predicted molar refractivity (Wildman–Crippen MR) is 214 cm³/mol. The molecule has 0 amide bonds. The maximum Gasteiger partial charge on any atom is 0.0547 e. The highest BCUT2D eigenvalue weighted by Gasteiger charge is 2.19. The lowest BCUT2D eigenvalue weighted by Crippen LogP contribution is -1.94. The van der Waals surface area contributed by atoms with Crippen LogP contribution >= 0.6 is 0 Å². The maximum absolute atomic E-state index is 2.43. The van der Waals surface area contributed by atoms with E-state index in [9.17, 15) is 0 Å². The molecule has 0 spiro atoms. The van der Waals surface area contributed by atoms with Gasteiger partial charge in [-0.1, -0.05) is 127 Å². The third-order valence-electron chi connectivity index (χ3n) is 10.9. The molecule has 51 heavy (non-hydrogen) atoms. The molecule has 0 radical (unpaired) electrons. The van der Waals surface area contributed by atoms with E-state index in [1.165, 1.54) is 93.8 Å². The van der Waals surface area contributed by atoms with Crippen LogP contribution in [0.4, 0.5) is 0 Å². The van der Waals surface area contributed by atoms with Gasteiger partial charge in [0.1, 0.15) is 0 Å². The molecule has 0 unspecified atom stereocenters. The monoisotopic (exact) mass is 648 g/mol. The molecule has 2 heteroatoms. The van der Waals surface area contributed by atoms with Gasteiger partial charge in [0.2, 0.25) is 0 Å². The molecule has 11 rings (SSSR count). The van der Waals surface area contributed by atoms with E-state index in [0.29, 0.717) is 0 Å². The van der Waals surface area contributed by atoms with E-state index < -0.39 is 0 Å². The Morgan fingerprint density at radius 3 is 1.65 bits per heavy atom. The first-order chi connectivity index (χ1) is 25.3. The Hall–Kier alpha value is -6.64. The van der Waals surface area contributed by atoms with Crippen molar-refractivity contribution < 1.29 is 0 Å². The van der Waals surface area contributed by atoms with Crippen LogP contribution in [0.3, 0.4) is 0 Å². The van der Waals surface area contributed by atoms with Crippen LogP contribution in [0.25, 0.3) is 88.4 Å². The Labute approximate surface area is 296 Å². The molecule has 0 fully saturated rings. The quantitative estimate of drug-likeness (QED) is 0.180. The van der Waals surface area contributed by atoms with Gasteiger partial charge >= 0.3 is 0 Å². The number of hydrogen-bond acceptors (Lipinski definition) is 0. The lowest BCUT2D eigenvalue weighted by molar-refractivity contribution is 1.18. The van der Waals surface area contributed by atoms with Crippen LogP contribution < -0.4 is 0 Å². The van der Waals surface area contributed by atoms with Gasteiger partial charge in [-0.3, -0.25) is 0 Å². The Bertz CT molecular complexity index is 2980. The summed E-state index contributed by atoms with van der Waals surface area (Å²) >= 11 is 0. The third-order valence-corrected chi connectivity index (χ3v) is 10.9. The Kier molecular flexibility index (Phi) is 6.05. The number of rotatable bonds is 4. The van der Waals surface area contributed by atoms with Crippen LogP contribution in [0.15, 0.2) is 182 Å². The van der Waals surface area contributed by atoms with Gasteiger partial charge in [0.05, 0.1) is 22.1 Å². The van der Waals surface area contributed by atoms with Crippen LogP contribution in [-0.4, -0.2) is 9.13 Å². The second kappa shape index (κ2) is 10.9. The standard InChI is InChI=1S/C49H32N2/c1-2-11-38(12-3-1)50-47-17-9-7-15-43(47)45-30-34(22-27-48(45)50)35-21-26-44-42-14-6-8-16-46(42)51(49(44)31-35)39-23-18-32(19-24-39)33-20-25-41-37(28-33)29-36-10-4-5-13-40(36)41/h1-28,30-31H,29H2. The Balaban J connectivity index is 1.02. The van der Waals surface area contributed by atoms with Gasteiger partial charge in [-0.15, -0.1) is 0 Å².